The Balaban J connectivity index is 1.26. The summed E-state index contributed by atoms with van der Waals surface area (Å²) in [5.41, 5.74) is 0.0452. The fourth-order valence-electron chi connectivity index (χ4n) is 4.12. The van der Waals surface area contributed by atoms with Crippen molar-refractivity contribution in [3.63, 3.8) is 0 Å². The van der Waals surface area contributed by atoms with E-state index >= 15 is 0 Å². The highest BCUT2D eigenvalue weighted by Gasteiger charge is 2.68. The number of esters is 1. The lowest BCUT2D eigenvalue weighted by atomic mass is 9.44. The molecule has 1 heterocycles. The Morgan fingerprint density at radius 2 is 1.97 bits per heavy atom. The maximum absolute atomic E-state index is 13.4. The highest BCUT2D eigenvalue weighted by atomic mass is 35.5. The van der Waals surface area contributed by atoms with Crippen LogP contribution in [0.1, 0.15) is 29.6 Å². The third-order valence-corrected chi connectivity index (χ3v) is 5.58. The van der Waals surface area contributed by atoms with Gasteiger partial charge in [0.1, 0.15) is 17.4 Å². The summed E-state index contributed by atoms with van der Waals surface area (Å²) in [7, 11) is 1.33. The molecule has 0 atom stereocenters. The predicted molar refractivity (Wildman–Crippen MR) is 104 cm³/mol. The molecule has 1 aromatic heterocycles. The Kier molecular flexibility index (Phi) is 4.82. The molecule has 2 aromatic rings. The Morgan fingerprint density at radius 1 is 1.21 bits per heavy atom. The largest absolute Gasteiger partial charge is 0.484 e. The van der Waals surface area contributed by atoms with Gasteiger partial charge in [-0.2, -0.15) is 0 Å². The van der Waals surface area contributed by atoms with Crippen LogP contribution < -0.4 is 15.4 Å². The van der Waals surface area contributed by atoms with Crippen molar-refractivity contribution in [2.75, 3.05) is 19.0 Å². The Labute approximate surface area is 171 Å². The zero-order valence-corrected chi connectivity index (χ0v) is 16.4. The number of pyridine rings is 1. The van der Waals surface area contributed by atoms with Gasteiger partial charge in [-0.25, -0.2) is 14.2 Å². The highest BCUT2D eigenvalue weighted by molar-refractivity contribution is 6.30. The molecule has 0 spiro atoms. The Hall–Kier alpha value is -2.87. The highest BCUT2D eigenvalue weighted by Crippen LogP contribution is 2.61. The molecular formula is C20H19ClFN3O4. The molecule has 29 heavy (non-hydrogen) atoms. The van der Waals surface area contributed by atoms with Gasteiger partial charge >= 0.3 is 5.97 Å². The molecule has 3 fully saturated rings. The van der Waals surface area contributed by atoms with Crippen LogP contribution in [-0.4, -0.2) is 41.7 Å². The Morgan fingerprint density at radius 3 is 2.66 bits per heavy atom. The van der Waals surface area contributed by atoms with Crippen LogP contribution in [0.4, 0.5) is 10.2 Å². The molecule has 0 radical (unpaired) electrons. The molecule has 5 rings (SSSR count). The average molecular weight is 420 g/mol. The number of benzene rings is 1. The van der Waals surface area contributed by atoms with Crippen LogP contribution in [0.15, 0.2) is 36.5 Å². The number of hydrogen-bond acceptors (Lipinski definition) is 6. The van der Waals surface area contributed by atoms with Gasteiger partial charge in [0.05, 0.1) is 17.7 Å². The van der Waals surface area contributed by atoms with E-state index < -0.39 is 11.8 Å². The first-order valence-corrected chi connectivity index (χ1v) is 9.41. The Bertz CT molecular complexity index is 964. The quantitative estimate of drug-likeness (QED) is 0.671. The molecule has 3 saturated carbocycles. The lowest BCUT2D eigenvalue weighted by Gasteiger charge is -2.70. The summed E-state index contributed by atoms with van der Waals surface area (Å²) < 4.78 is 23.4. The van der Waals surface area contributed by atoms with Crippen LogP contribution >= 0.6 is 11.6 Å². The van der Waals surface area contributed by atoms with Crippen LogP contribution in [-0.2, 0) is 9.53 Å². The second-order valence-electron chi connectivity index (χ2n) is 7.55. The van der Waals surface area contributed by atoms with Crippen molar-refractivity contribution in [1.82, 2.24) is 10.3 Å². The third kappa shape index (κ3) is 3.85. The van der Waals surface area contributed by atoms with E-state index in [0.29, 0.717) is 11.4 Å². The van der Waals surface area contributed by atoms with Gasteiger partial charge in [0.15, 0.2) is 6.61 Å². The smallest absolute Gasteiger partial charge is 0.338 e. The first kappa shape index (κ1) is 19.4. The number of anilines is 1. The van der Waals surface area contributed by atoms with E-state index in [1.807, 2.05) is 0 Å². The molecule has 152 valence electrons. The minimum absolute atomic E-state index is 0.0000732. The second-order valence-corrected chi connectivity index (χ2v) is 7.96. The number of rotatable bonds is 7. The van der Waals surface area contributed by atoms with Gasteiger partial charge in [-0.3, -0.25) is 4.79 Å². The number of hydrogen-bond donors (Lipinski definition) is 2. The van der Waals surface area contributed by atoms with E-state index in [1.165, 1.54) is 19.2 Å². The summed E-state index contributed by atoms with van der Waals surface area (Å²) in [4.78, 5) is 28.0. The molecule has 3 aliphatic carbocycles. The van der Waals surface area contributed by atoms with Gasteiger partial charge in [0.2, 0.25) is 0 Å². The fraction of sp³-hybridized carbons (Fsp3) is 0.350. The minimum atomic E-state index is -0.595. The van der Waals surface area contributed by atoms with Crippen molar-refractivity contribution in [2.45, 2.75) is 30.3 Å². The third-order valence-electron chi connectivity index (χ3n) is 5.27. The number of amides is 1. The molecule has 1 amide bonds. The zero-order valence-electron chi connectivity index (χ0n) is 15.6. The number of nitrogens with zero attached hydrogens (tertiary/aromatic N) is 1. The fourth-order valence-corrected chi connectivity index (χ4v) is 4.23. The summed E-state index contributed by atoms with van der Waals surface area (Å²) >= 11 is 5.62. The molecule has 0 aliphatic heterocycles. The monoisotopic (exact) mass is 419 g/mol. The van der Waals surface area contributed by atoms with E-state index in [-0.39, 0.29) is 34.4 Å². The van der Waals surface area contributed by atoms with E-state index in [4.69, 9.17) is 21.1 Å². The van der Waals surface area contributed by atoms with Gasteiger partial charge in [-0.15, -0.1) is 0 Å². The van der Waals surface area contributed by atoms with Gasteiger partial charge in [0.25, 0.3) is 5.91 Å². The number of halogens is 2. The SMILES string of the molecule is COC(=O)c1ccnc(NC23CC(NC(=O)COc4ccc(Cl)c(F)c4)(C2)C3)c1. The van der Waals surface area contributed by atoms with Gasteiger partial charge in [-0.1, -0.05) is 11.6 Å². The summed E-state index contributed by atoms with van der Waals surface area (Å²) in [6, 6.07) is 7.27. The van der Waals surface area contributed by atoms with Crippen molar-refractivity contribution in [3.05, 3.63) is 52.9 Å². The molecule has 0 unspecified atom stereocenters. The van der Waals surface area contributed by atoms with Crippen molar-refractivity contribution < 1.29 is 23.5 Å². The number of aromatic nitrogens is 1. The summed E-state index contributed by atoms with van der Waals surface area (Å²) in [6.45, 7) is -0.202. The molecule has 2 bridgehead atoms. The standard InChI is InChI=1S/C20H19ClFN3O4/c1-28-18(27)12-4-5-23-16(6-12)24-19-9-20(10-19,11-19)25-17(26)8-29-13-2-3-14(21)15(22)7-13/h2-7H,8-11H2,1H3,(H,23,24)(H,25,26). The van der Waals surface area contributed by atoms with Crippen molar-refractivity contribution in [2.24, 2.45) is 0 Å². The summed E-state index contributed by atoms with van der Waals surface area (Å²) in [5.74, 6) is -0.436. The number of carbonyl (C=O) groups is 2. The molecular weight excluding hydrogens is 401 g/mol. The molecule has 3 aliphatic rings. The maximum atomic E-state index is 13.4. The topological polar surface area (TPSA) is 89.5 Å². The number of carbonyl (C=O) groups excluding carboxylic acids is 2. The number of nitrogens with one attached hydrogen (secondary N) is 2. The van der Waals surface area contributed by atoms with Crippen LogP contribution in [0.5, 0.6) is 5.75 Å². The van der Waals surface area contributed by atoms with E-state index in [9.17, 15) is 14.0 Å². The molecule has 1 aromatic carbocycles. The minimum Gasteiger partial charge on any atom is -0.484 e. The first-order valence-electron chi connectivity index (χ1n) is 9.04. The first-order chi connectivity index (χ1) is 13.8. The van der Waals surface area contributed by atoms with Crippen molar-refractivity contribution in [1.29, 1.82) is 0 Å². The van der Waals surface area contributed by atoms with Gasteiger partial charge in [0, 0.05) is 23.3 Å². The van der Waals surface area contributed by atoms with Crippen LogP contribution in [0, 0.1) is 5.82 Å². The summed E-state index contributed by atoms with van der Waals surface area (Å²) in [5, 5.41) is 6.34. The molecule has 0 saturated heterocycles. The average Bonchev–Trinajstić information content (AvgIpc) is 2.66. The molecule has 2 N–H and O–H groups in total. The number of methoxy groups -OCH3 is 1. The van der Waals surface area contributed by atoms with E-state index in [2.05, 4.69) is 15.6 Å². The van der Waals surface area contributed by atoms with Gasteiger partial charge in [-0.05, 0) is 43.5 Å². The van der Waals surface area contributed by atoms with E-state index in [0.717, 1.165) is 25.3 Å². The second kappa shape index (κ2) is 7.18. The van der Waals surface area contributed by atoms with Gasteiger partial charge < -0.3 is 20.1 Å². The normalized spacial score (nSPS) is 24.0. The van der Waals surface area contributed by atoms with Crippen LogP contribution in [0.2, 0.25) is 5.02 Å². The zero-order chi connectivity index (χ0) is 20.6. The van der Waals surface area contributed by atoms with E-state index in [1.54, 1.807) is 18.3 Å². The predicted octanol–water partition coefficient (Wildman–Crippen LogP) is 2.94. The maximum Gasteiger partial charge on any atom is 0.338 e. The summed E-state index contributed by atoms with van der Waals surface area (Å²) in [6.07, 6.45) is 3.82. The van der Waals surface area contributed by atoms with Crippen molar-refractivity contribution in [3.8, 4) is 5.75 Å². The number of ether oxygens (including phenoxy) is 2. The van der Waals surface area contributed by atoms with Crippen molar-refractivity contribution >= 4 is 29.3 Å². The lowest BCUT2D eigenvalue weighted by molar-refractivity contribution is -0.135. The molecule has 9 heteroatoms. The van der Waals surface area contributed by atoms with Crippen LogP contribution in [0.3, 0.4) is 0 Å². The lowest BCUT2D eigenvalue weighted by Crippen LogP contribution is -2.81. The molecule has 7 nitrogen and oxygen atoms in total. The van der Waals surface area contributed by atoms with Crippen LogP contribution in [0.25, 0.3) is 0 Å².